The van der Waals surface area contributed by atoms with E-state index in [1.165, 1.54) is 51.4 Å². The van der Waals surface area contributed by atoms with E-state index in [2.05, 4.69) is 24.5 Å². The molecule has 0 radical (unpaired) electrons. The Labute approximate surface area is 370 Å². The first kappa shape index (κ1) is 57.8. The Morgan fingerprint density at radius 3 is 1.24 bits per heavy atom. The van der Waals surface area contributed by atoms with Gasteiger partial charge in [0, 0.05) is 72.8 Å². The van der Waals surface area contributed by atoms with Crippen molar-refractivity contribution in [1.82, 2.24) is 10.6 Å². The molecule has 0 aromatic heterocycles. The molecule has 352 valence electrons. The molecule has 0 saturated carbocycles. The molecule has 0 aliphatic carbocycles. The molecule has 14 heteroatoms. The van der Waals surface area contributed by atoms with Gasteiger partial charge in [-0.2, -0.15) is 0 Å². The minimum Gasteiger partial charge on any atom is -0.490 e. The highest BCUT2D eigenvalue weighted by molar-refractivity contribution is 5.95. The molecule has 6 N–H and O–H groups in total. The maximum Gasteiger partial charge on any atom is 0.328 e. The summed E-state index contributed by atoms with van der Waals surface area (Å²) in [5.74, 6) is -1.16. The second-order valence-electron chi connectivity index (χ2n) is 15.8. The minimum atomic E-state index is -1.26. The minimum absolute atomic E-state index is 0.0172. The van der Waals surface area contributed by atoms with Gasteiger partial charge in [-0.05, 0) is 63.1 Å². The van der Waals surface area contributed by atoms with E-state index in [4.69, 9.17) is 29.2 Å². The molecule has 0 aliphatic heterocycles. The first-order valence-corrected chi connectivity index (χ1v) is 22.2. The molecule has 14 nitrogen and oxygen atoms in total. The van der Waals surface area contributed by atoms with Crippen molar-refractivity contribution in [3.63, 3.8) is 0 Å². The molecule has 2 atom stereocenters. The number of nitrogens with one attached hydrogen (secondary N) is 2. The van der Waals surface area contributed by atoms with Crippen molar-refractivity contribution in [3.8, 4) is 11.5 Å². The largest absolute Gasteiger partial charge is 0.490 e. The number of aliphatic carboxylic acids is 2. The molecule has 2 unspecified atom stereocenters. The average molecular weight is 875 g/mol. The van der Waals surface area contributed by atoms with Crippen LogP contribution in [0.15, 0.2) is 48.6 Å². The fraction of sp³-hybridized carbons (Fsp3) is 0.625. The quantitative estimate of drug-likeness (QED) is 0.0234. The molecule has 2 rings (SSSR count). The van der Waals surface area contributed by atoms with E-state index in [0.717, 1.165) is 24.0 Å². The van der Waals surface area contributed by atoms with Crippen molar-refractivity contribution in [1.29, 1.82) is 0 Å². The predicted octanol–water partition coefficient (Wildman–Crippen LogP) is 7.94. The molecule has 0 amide bonds. The number of carbonyl (C=O) groups excluding carboxylic acids is 2. The Bertz CT molecular complexity index is 1450. The summed E-state index contributed by atoms with van der Waals surface area (Å²) in [6.45, 7) is 19.2. The van der Waals surface area contributed by atoms with Crippen molar-refractivity contribution >= 4 is 23.5 Å². The standard InChI is InChI=1S/2C22H37NO4.C4H4O4/c2*1-5-6-7-8-9-12-26-15-20-13-19(18(4)24)10-11-22(20)27-16-21(25)14-23-17(2)3;5-3(6)1-2-4(7)8/h2*10-11,13,17,21,23,25H,5-9,12,14-16H2,1-4H3;1-2H,(H,5,6)(H,7,8)/b;;2-1+. The van der Waals surface area contributed by atoms with Gasteiger partial charge in [0.15, 0.2) is 11.6 Å². The monoisotopic (exact) mass is 875 g/mol. The summed E-state index contributed by atoms with van der Waals surface area (Å²) in [6, 6.07) is 11.4. The second-order valence-corrected chi connectivity index (χ2v) is 15.8. The first-order chi connectivity index (χ1) is 29.5. The van der Waals surface area contributed by atoms with Crippen LogP contribution < -0.4 is 20.1 Å². The summed E-state index contributed by atoms with van der Waals surface area (Å²) in [5, 5.41) is 42.1. The number of hydrogen-bond acceptors (Lipinski definition) is 12. The smallest absolute Gasteiger partial charge is 0.328 e. The third-order valence-electron chi connectivity index (χ3n) is 8.99. The van der Waals surface area contributed by atoms with Crippen LogP contribution in [0.4, 0.5) is 0 Å². The van der Waals surface area contributed by atoms with Crippen molar-refractivity contribution in [2.24, 2.45) is 0 Å². The zero-order chi connectivity index (χ0) is 46.7. The zero-order valence-corrected chi connectivity index (χ0v) is 38.7. The Morgan fingerprint density at radius 2 is 0.935 bits per heavy atom. The molecule has 0 heterocycles. The molecule has 0 saturated heterocycles. The Balaban J connectivity index is 0.00000102. The van der Waals surface area contributed by atoms with Crippen LogP contribution in [0, 0.1) is 0 Å². The van der Waals surface area contributed by atoms with Gasteiger partial charge in [0.1, 0.15) is 36.9 Å². The van der Waals surface area contributed by atoms with Gasteiger partial charge in [0.05, 0.1) is 13.2 Å². The highest BCUT2D eigenvalue weighted by Gasteiger charge is 2.13. The molecule has 0 fully saturated rings. The molecule has 2 aromatic carbocycles. The fourth-order valence-electron chi connectivity index (χ4n) is 5.46. The Hall–Kier alpha value is -4.18. The lowest BCUT2D eigenvalue weighted by Crippen LogP contribution is -2.35. The summed E-state index contributed by atoms with van der Waals surface area (Å²) >= 11 is 0. The van der Waals surface area contributed by atoms with E-state index in [9.17, 15) is 29.4 Å². The third kappa shape index (κ3) is 31.6. The summed E-state index contributed by atoms with van der Waals surface area (Å²) in [5.41, 5.74) is 2.98. The Kier molecular flexibility index (Phi) is 33.9. The lowest BCUT2D eigenvalue weighted by molar-refractivity contribution is -0.134. The Morgan fingerprint density at radius 1 is 0.581 bits per heavy atom. The molecule has 0 aliphatic rings. The third-order valence-corrected chi connectivity index (χ3v) is 8.99. The highest BCUT2D eigenvalue weighted by atomic mass is 16.5. The number of unbranched alkanes of at least 4 members (excludes halogenated alkanes) is 8. The van der Waals surface area contributed by atoms with E-state index in [1.807, 2.05) is 39.8 Å². The van der Waals surface area contributed by atoms with Crippen molar-refractivity contribution in [2.45, 2.75) is 157 Å². The van der Waals surface area contributed by atoms with Crippen molar-refractivity contribution in [2.75, 3.05) is 39.5 Å². The van der Waals surface area contributed by atoms with Gasteiger partial charge >= 0.3 is 11.9 Å². The molecular weight excluding hydrogens is 797 g/mol. The zero-order valence-electron chi connectivity index (χ0n) is 38.7. The van der Waals surface area contributed by atoms with Gasteiger partial charge in [-0.25, -0.2) is 9.59 Å². The SMILES string of the molecule is CCCCCCCOCc1cc(C(C)=O)ccc1OCC(O)CNC(C)C.CCCCCCCOCc1cc(C(C)=O)ccc1OCC(O)CNC(C)C.O=C(O)/C=C/C(=O)O. The summed E-state index contributed by atoms with van der Waals surface area (Å²) in [4.78, 5) is 42.4. The molecule has 2 aromatic rings. The van der Waals surface area contributed by atoms with Gasteiger partial charge < -0.3 is 50.0 Å². The number of aliphatic hydroxyl groups is 2. The second kappa shape index (κ2) is 36.3. The molecular formula is C48H78N2O12. The number of carbonyl (C=O) groups is 4. The van der Waals surface area contributed by atoms with Crippen LogP contribution in [0.5, 0.6) is 11.5 Å². The number of rotatable bonds is 32. The number of hydrogen-bond donors (Lipinski definition) is 6. The van der Waals surface area contributed by atoms with Crippen LogP contribution in [0.25, 0.3) is 0 Å². The molecule has 0 spiro atoms. The maximum atomic E-state index is 11.7. The van der Waals surface area contributed by atoms with Crippen LogP contribution in [-0.4, -0.2) is 108 Å². The van der Waals surface area contributed by atoms with E-state index >= 15 is 0 Å². The number of benzene rings is 2. The van der Waals surface area contributed by atoms with E-state index in [-0.39, 0.29) is 24.8 Å². The van der Waals surface area contributed by atoms with E-state index in [1.54, 1.807) is 38.1 Å². The van der Waals surface area contributed by atoms with Gasteiger partial charge in [-0.3, -0.25) is 9.59 Å². The number of ether oxygens (including phenoxy) is 4. The molecule has 0 bridgehead atoms. The molecule has 62 heavy (non-hydrogen) atoms. The number of carboxylic acids is 2. The van der Waals surface area contributed by atoms with E-state index in [0.29, 0.717) is 86.4 Å². The topological polar surface area (TPSA) is 210 Å². The highest BCUT2D eigenvalue weighted by Crippen LogP contribution is 2.24. The number of carboxylic acid groups (broad SMARTS) is 2. The summed E-state index contributed by atoms with van der Waals surface area (Å²) < 4.78 is 23.2. The summed E-state index contributed by atoms with van der Waals surface area (Å²) in [7, 11) is 0. The van der Waals surface area contributed by atoms with Crippen LogP contribution in [-0.2, 0) is 32.3 Å². The normalized spacial score (nSPS) is 12.0. The lowest BCUT2D eigenvalue weighted by atomic mass is 10.1. The van der Waals surface area contributed by atoms with Crippen LogP contribution >= 0.6 is 0 Å². The number of aliphatic hydroxyl groups excluding tert-OH is 2. The van der Waals surface area contributed by atoms with Crippen molar-refractivity contribution < 1.29 is 58.6 Å². The number of Topliss-reactive ketones (excluding diaryl/α,β-unsaturated/α-hetero) is 2. The van der Waals surface area contributed by atoms with Gasteiger partial charge in [-0.15, -0.1) is 0 Å². The fourth-order valence-corrected chi connectivity index (χ4v) is 5.46. The van der Waals surface area contributed by atoms with Crippen LogP contribution in [0.1, 0.15) is 151 Å². The average Bonchev–Trinajstić information content (AvgIpc) is 3.22. The maximum absolute atomic E-state index is 11.7. The van der Waals surface area contributed by atoms with Crippen LogP contribution in [0.2, 0.25) is 0 Å². The predicted molar refractivity (Wildman–Crippen MR) is 243 cm³/mol. The first-order valence-electron chi connectivity index (χ1n) is 22.2. The van der Waals surface area contributed by atoms with Crippen molar-refractivity contribution in [3.05, 3.63) is 70.8 Å². The van der Waals surface area contributed by atoms with Gasteiger partial charge in [-0.1, -0.05) is 92.9 Å². The number of ketones is 2. The van der Waals surface area contributed by atoms with E-state index < -0.39 is 24.1 Å². The van der Waals surface area contributed by atoms with Gasteiger partial charge in [0.2, 0.25) is 0 Å². The summed E-state index contributed by atoms with van der Waals surface area (Å²) in [6.07, 6.45) is 11.9. The lowest BCUT2D eigenvalue weighted by Gasteiger charge is -2.17. The van der Waals surface area contributed by atoms with Gasteiger partial charge in [0.25, 0.3) is 0 Å². The van der Waals surface area contributed by atoms with Crippen LogP contribution in [0.3, 0.4) is 0 Å².